The smallest absolute Gasteiger partial charge is 0.151 e. The Hall–Kier alpha value is -1.96. The lowest BCUT2D eigenvalue weighted by atomic mass is 10.2. The van der Waals surface area contributed by atoms with Gasteiger partial charge in [0.2, 0.25) is 0 Å². The van der Waals surface area contributed by atoms with E-state index in [1.807, 2.05) is 42.6 Å². The van der Waals surface area contributed by atoms with Gasteiger partial charge < -0.3 is 9.73 Å². The molecule has 0 spiro atoms. The predicted octanol–water partition coefficient (Wildman–Crippen LogP) is 3.39. The number of hydrogen-bond acceptors (Lipinski definition) is 2. The molecule has 2 heteroatoms. The first kappa shape index (κ1) is 7.44. The zero-order chi connectivity index (χ0) is 9.38. The van der Waals surface area contributed by atoms with E-state index in [1.165, 1.54) is 0 Å². The van der Waals surface area contributed by atoms with Gasteiger partial charge in [-0.3, -0.25) is 0 Å². The molecule has 0 fully saturated rings. The van der Waals surface area contributed by atoms with Gasteiger partial charge >= 0.3 is 0 Å². The van der Waals surface area contributed by atoms with Crippen LogP contribution in [0, 0.1) is 0 Å². The topological polar surface area (TPSA) is 25.2 Å². The van der Waals surface area contributed by atoms with Gasteiger partial charge in [-0.25, -0.2) is 0 Å². The third-order valence-electron chi connectivity index (χ3n) is 2.31. The van der Waals surface area contributed by atoms with Crippen LogP contribution in [0.4, 0.5) is 5.69 Å². The summed E-state index contributed by atoms with van der Waals surface area (Å²) in [6.45, 7) is 0. The zero-order valence-corrected chi connectivity index (χ0v) is 7.53. The van der Waals surface area contributed by atoms with Crippen molar-refractivity contribution >= 4 is 22.7 Å². The van der Waals surface area contributed by atoms with Crippen molar-refractivity contribution in [2.24, 2.45) is 0 Å². The first-order valence-electron chi connectivity index (χ1n) is 4.56. The number of rotatable bonds is 0. The summed E-state index contributed by atoms with van der Waals surface area (Å²) in [5.74, 6) is 0.885. The summed E-state index contributed by atoms with van der Waals surface area (Å²) in [5, 5.41) is 4.34. The summed E-state index contributed by atoms with van der Waals surface area (Å²) in [5.41, 5.74) is 1.97. The van der Waals surface area contributed by atoms with Crippen LogP contribution in [0.1, 0.15) is 5.76 Å². The molecule has 2 nitrogen and oxygen atoms in total. The van der Waals surface area contributed by atoms with Crippen molar-refractivity contribution in [3.05, 3.63) is 48.4 Å². The summed E-state index contributed by atoms with van der Waals surface area (Å²) in [6.07, 6.45) is 7.78. The molecule has 0 atom stereocenters. The first-order valence-corrected chi connectivity index (χ1v) is 4.56. The van der Waals surface area contributed by atoms with Gasteiger partial charge in [0.15, 0.2) is 5.76 Å². The second kappa shape index (κ2) is 2.77. The van der Waals surface area contributed by atoms with Gasteiger partial charge in [0, 0.05) is 11.6 Å². The van der Waals surface area contributed by atoms with E-state index in [4.69, 9.17) is 4.42 Å². The third-order valence-corrected chi connectivity index (χ3v) is 2.31. The monoisotopic (exact) mass is 183 g/mol. The maximum atomic E-state index is 5.68. The Labute approximate surface area is 81.5 Å². The minimum atomic E-state index is 0.885. The van der Waals surface area contributed by atoms with Gasteiger partial charge in [-0.1, -0.05) is 18.2 Å². The molecule has 14 heavy (non-hydrogen) atoms. The Morgan fingerprint density at radius 3 is 3.00 bits per heavy atom. The van der Waals surface area contributed by atoms with Gasteiger partial charge in [0.25, 0.3) is 0 Å². The number of furan rings is 1. The van der Waals surface area contributed by atoms with E-state index in [0.29, 0.717) is 0 Å². The SMILES string of the molecule is C1=CNc2c(oc3ccccc23)C=C1. The van der Waals surface area contributed by atoms with Crippen molar-refractivity contribution in [2.45, 2.75) is 0 Å². The van der Waals surface area contributed by atoms with E-state index in [-0.39, 0.29) is 0 Å². The quantitative estimate of drug-likeness (QED) is 0.677. The largest absolute Gasteiger partial charge is 0.454 e. The summed E-state index contributed by atoms with van der Waals surface area (Å²) in [6, 6.07) is 8.02. The summed E-state index contributed by atoms with van der Waals surface area (Å²) in [4.78, 5) is 0. The lowest BCUT2D eigenvalue weighted by Crippen LogP contribution is -1.85. The molecule has 1 aromatic heterocycles. The predicted molar refractivity (Wildman–Crippen MR) is 58.0 cm³/mol. The summed E-state index contributed by atoms with van der Waals surface area (Å²) in [7, 11) is 0. The van der Waals surface area contributed by atoms with Crippen molar-refractivity contribution in [3.8, 4) is 0 Å². The van der Waals surface area contributed by atoms with Gasteiger partial charge in [0.05, 0.1) is 5.69 Å². The number of nitrogens with one attached hydrogen (secondary N) is 1. The fourth-order valence-electron chi connectivity index (χ4n) is 1.66. The molecular formula is C12H9NO. The highest BCUT2D eigenvalue weighted by molar-refractivity contribution is 5.95. The normalized spacial score (nSPS) is 13.7. The van der Waals surface area contributed by atoms with Crippen LogP contribution in [0.3, 0.4) is 0 Å². The molecule has 1 aromatic carbocycles. The van der Waals surface area contributed by atoms with E-state index in [0.717, 1.165) is 22.4 Å². The molecule has 0 amide bonds. The molecular weight excluding hydrogens is 174 g/mol. The maximum absolute atomic E-state index is 5.68. The van der Waals surface area contributed by atoms with E-state index in [2.05, 4.69) is 11.4 Å². The molecule has 0 radical (unpaired) electrons. The Kier molecular flexibility index (Phi) is 1.47. The van der Waals surface area contributed by atoms with Crippen molar-refractivity contribution in [2.75, 3.05) is 5.32 Å². The second-order valence-electron chi connectivity index (χ2n) is 3.20. The fourth-order valence-corrected chi connectivity index (χ4v) is 1.66. The Morgan fingerprint density at radius 2 is 2.00 bits per heavy atom. The van der Waals surface area contributed by atoms with Crippen molar-refractivity contribution in [1.29, 1.82) is 0 Å². The van der Waals surface area contributed by atoms with E-state index in [1.54, 1.807) is 0 Å². The molecule has 2 aromatic rings. The molecule has 0 saturated carbocycles. The van der Waals surface area contributed by atoms with Crippen LogP contribution in [-0.4, -0.2) is 0 Å². The molecule has 0 bridgehead atoms. The minimum Gasteiger partial charge on any atom is -0.454 e. The second-order valence-corrected chi connectivity index (χ2v) is 3.20. The third kappa shape index (κ3) is 0.973. The highest BCUT2D eigenvalue weighted by atomic mass is 16.3. The van der Waals surface area contributed by atoms with Crippen molar-refractivity contribution < 1.29 is 4.42 Å². The molecule has 1 aliphatic rings. The average Bonchev–Trinajstić information content (AvgIpc) is 2.42. The van der Waals surface area contributed by atoms with E-state index < -0.39 is 0 Å². The number of para-hydroxylation sites is 1. The molecule has 0 saturated heterocycles. The molecule has 3 rings (SSSR count). The lowest BCUT2D eigenvalue weighted by Gasteiger charge is -1.95. The van der Waals surface area contributed by atoms with Gasteiger partial charge in [-0.15, -0.1) is 0 Å². The molecule has 0 unspecified atom stereocenters. The first-order chi connectivity index (χ1) is 6.95. The van der Waals surface area contributed by atoms with Crippen LogP contribution in [0.2, 0.25) is 0 Å². The Morgan fingerprint density at radius 1 is 1.07 bits per heavy atom. The van der Waals surface area contributed by atoms with Crippen molar-refractivity contribution in [1.82, 2.24) is 0 Å². The maximum Gasteiger partial charge on any atom is 0.151 e. The van der Waals surface area contributed by atoms with Crippen molar-refractivity contribution in [3.63, 3.8) is 0 Å². The van der Waals surface area contributed by atoms with Crippen LogP contribution >= 0.6 is 0 Å². The minimum absolute atomic E-state index is 0.885. The molecule has 1 N–H and O–H groups in total. The van der Waals surface area contributed by atoms with Crippen LogP contribution < -0.4 is 5.32 Å². The highest BCUT2D eigenvalue weighted by Crippen LogP contribution is 2.32. The van der Waals surface area contributed by atoms with Crippen LogP contribution in [0.15, 0.2) is 47.0 Å². The van der Waals surface area contributed by atoms with Crippen LogP contribution in [-0.2, 0) is 0 Å². The number of fused-ring (bicyclic) bond motifs is 3. The Bertz CT molecular complexity index is 534. The van der Waals surface area contributed by atoms with E-state index >= 15 is 0 Å². The summed E-state index contributed by atoms with van der Waals surface area (Å²) >= 11 is 0. The number of anilines is 1. The fraction of sp³-hybridized carbons (Fsp3) is 0. The molecule has 2 heterocycles. The molecule has 0 aliphatic carbocycles. The Balaban J connectivity index is 2.37. The average molecular weight is 183 g/mol. The lowest BCUT2D eigenvalue weighted by molar-refractivity contribution is 0.606. The van der Waals surface area contributed by atoms with Gasteiger partial charge in [0.1, 0.15) is 5.58 Å². The number of benzene rings is 1. The standard InChI is InChI=1S/C12H9NO/c1-2-6-10-9(5-1)12-11(14-10)7-3-4-8-13-12/h1-8,13H. The van der Waals surface area contributed by atoms with Crippen LogP contribution in [0.25, 0.3) is 17.0 Å². The molecule has 1 aliphatic heterocycles. The number of allylic oxidation sites excluding steroid dienone is 2. The van der Waals surface area contributed by atoms with Crippen LogP contribution in [0.5, 0.6) is 0 Å². The van der Waals surface area contributed by atoms with Gasteiger partial charge in [-0.2, -0.15) is 0 Å². The highest BCUT2D eigenvalue weighted by Gasteiger charge is 2.10. The zero-order valence-electron chi connectivity index (χ0n) is 7.53. The van der Waals surface area contributed by atoms with E-state index in [9.17, 15) is 0 Å². The summed E-state index contributed by atoms with van der Waals surface area (Å²) < 4.78 is 5.68. The molecule has 68 valence electrons. The van der Waals surface area contributed by atoms with Gasteiger partial charge in [-0.05, 0) is 24.3 Å². The number of hydrogen-bond donors (Lipinski definition) is 1.